The summed E-state index contributed by atoms with van der Waals surface area (Å²) in [5.41, 5.74) is 8.40. The number of aryl methyl sites for hydroxylation is 1. The third-order valence-electron chi connectivity index (χ3n) is 4.69. The molecule has 0 aliphatic carbocycles. The van der Waals surface area contributed by atoms with E-state index in [1.165, 1.54) is 12.1 Å². The van der Waals surface area contributed by atoms with Crippen molar-refractivity contribution >= 4 is 11.8 Å². The number of halogens is 1. The van der Waals surface area contributed by atoms with E-state index in [9.17, 15) is 14.0 Å². The number of benzene rings is 1. The number of nitrogens with zero attached hydrogens (tertiary/aromatic N) is 2. The van der Waals surface area contributed by atoms with Gasteiger partial charge in [-0.15, -0.1) is 0 Å². The lowest BCUT2D eigenvalue weighted by atomic mass is 9.98. The molecule has 140 valence electrons. The van der Waals surface area contributed by atoms with Gasteiger partial charge in [-0.25, -0.2) is 9.07 Å². The summed E-state index contributed by atoms with van der Waals surface area (Å²) in [6.45, 7) is 7.48. The van der Waals surface area contributed by atoms with Gasteiger partial charge in [-0.1, -0.05) is 20.3 Å². The van der Waals surface area contributed by atoms with Crippen LogP contribution in [0, 0.1) is 25.6 Å². The Bertz CT molecular complexity index is 799. The fourth-order valence-corrected chi connectivity index (χ4v) is 2.88. The van der Waals surface area contributed by atoms with E-state index >= 15 is 0 Å². The topological polar surface area (TPSA) is 90.0 Å². The van der Waals surface area contributed by atoms with E-state index in [2.05, 4.69) is 10.4 Å². The molecule has 6 nitrogen and oxygen atoms in total. The molecular formula is C19H25FN4O2. The molecule has 7 heteroatoms. The number of hydrogen-bond donors (Lipinski definition) is 2. The zero-order chi connectivity index (χ0) is 19.4. The van der Waals surface area contributed by atoms with Crippen LogP contribution in [0.4, 0.5) is 4.39 Å². The number of aromatic nitrogens is 2. The molecule has 0 saturated carbocycles. The molecule has 1 aromatic carbocycles. The second-order valence-corrected chi connectivity index (χ2v) is 6.55. The third-order valence-corrected chi connectivity index (χ3v) is 4.69. The SMILES string of the molecule is CCC(C)C(NC(=O)Cc1c(C)nn(-c2ccc(F)cc2)c1C)C(N)=O. The second kappa shape index (κ2) is 8.12. The Morgan fingerprint density at radius 1 is 1.27 bits per heavy atom. The molecule has 0 aliphatic rings. The standard InChI is InChI=1S/C19H25FN4O2/c1-5-11(2)18(19(21)26)22-17(25)10-16-12(3)23-24(13(16)4)15-8-6-14(20)7-9-15/h6-9,11,18H,5,10H2,1-4H3,(H2,21,26)(H,22,25). The van der Waals surface area contributed by atoms with E-state index in [4.69, 9.17) is 5.73 Å². The van der Waals surface area contributed by atoms with Crippen LogP contribution in [0.5, 0.6) is 0 Å². The number of hydrogen-bond acceptors (Lipinski definition) is 3. The van der Waals surface area contributed by atoms with E-state index in [1.54, 1.807) is 16.8 Å². The summed E-state index contributed by atoms with van der Waals surface area (Å²) < 4.78 is 14.8. The van der Waals surface area contributed by atoms with Gasteiger partial charge < -0.3 is 11.1 Å². The van der Waals surface area contributed by atoms with Crippen molar-refractivity contribution in [3.63, 3.8) is 0 Å². The fourth-order valence-electron chi connectivity index (χ4n) is 2.88. The van der Waals surface area contributed by atoms with Crippen molar-refractivity contribution in [1.82, 2.24) is 15.1 Å². The highest BCUT2D eigenvalue weighted by Gasteiger charge is 2.24. The Hall–Kier alpha value is -2.70. The summed E-state index contributed by atoms with van der Waals surface area (Å²) in [6, 6.07) is 5.29. The van der Waals surface area contributed by atoms with Gasteiger partial charge in [-0.3, -0.25) is 9.59 Å². The Kier molecular flexibility index (Phi) is 6.13. The van der Waals surface area contributed by atoms with Gasteiger partial charge in [0.15, 0.2) is 0 Å². The number of primary amides is 1. The highest BCUT2D eigenvalue weighted by Crippen LogP contribution is 2.19. The lowest BCUT2D eigenvalue weighted by Crippen LogP contribution is -2.48. The van der Waals surface area contributed by atoms with E-state index in [-0.39, 0.29) is 24.1 Å². The molecular weight excluding hydrogens is 335 g/mol. The number of carbonyl (C=O) groups excluding carboxylic acids is 2. The minimum Gasteiger partial charge on any atom is -0.368 e. The molecule has 2 aromatic rings. The largest absolute Gasteiger partial charge is 0.368 e. The fraction of sp³-hybridized carbons (Fsp3) is 0.421. The van der Waals surface area contributed by atoms with Gasteiger partial charge in [-0.05, 0) is 44.0 Å². The highest BCUT2D eigenvalue weighted by molar-refractivity contribution is 5.87. The molecule has 1 aromatic heterocycles. The third kappa shape index (κ3) is 4.28. The van der Waals surface area contributed by atoms with Gasteiger partial charge in [-0.2, -0.15) is 5.10 Å². The van der Waals surface area contributed by atoms with Crippen LogP contribution in [-0.2, 0) is 16.0 Å². The van der Waals surface area contributed by atoms with Crippen molar-refractivity contribution in [3.05, 3.63) is 47.0 Å². The summed E-state index contributed by atoms with van der Waals surface area (Å²) in [7, 11) is 0. The highest BCUT2D eigenvalue weighted by atomic mass is 19.1. The van der Waals surface area contributed by atoms with Gasteiger partial charge >= 0.3 is 0 Å². The molecule has 2 amide bonds. The normalized spacial score (nSPS) is 13.3. The van der Waals surface area contributed by atoms with Crippen LogP contribution < -0.4 is 11.1 Å². The van der Waals surface area contributed by atoms with Crippen LogP contribution >= 0.6 is 0 Å². The quantitative estimate of drug-likeness (QED) is 0.793. The van der Waals surface area contributed by atoms with Crippen LogP contribution in [0.25, 0.3) is 5.69 Å². The summed E-state index contributed by atoms with van der Waals surface area (Å²) in [4.78, 5) is 24.0. The lowest BCUT2D eigenvalue weighted by molar-refractivity contribution is -0.128. The molecule has 0 radical (unpaired) electrons. The maximum atomic E-state index is 13.1. The van der Waals surface area contributed by atoms with Gasteiger partial charge in [0.25, 0.3) is 0 Å². The lowest BCUT2D eigenvalue weighted by Gasteiger charge is -2.21. The summed E-state index contributed by atoms with van der Waals surface area (Å²) in [5.74, 6) is -1.18. The number of rotatable bonds is 7. The van der Waals surface area contributed by atoms with Crippen LogP contribution in [0.15, 0.2) is 24.3 Å². The van der Waals surface area contributed by atoms with E-state index in [0.717, 1.165) is 17.7 Å². The summed E-state index contributed by atoms with van der Waals surface area (Å²) >= 11 is 0. The molecule has 2 rings (SSSR count). The minimum absolute atomic E-state index is 0.0411. The molecule has 0 spiro atoms. The number of nitrogens with two attached hydrogens (primary N) is 1. The molecule has 2 unspecified atom stereocenters. The molecule has 2 atom stereocenters. The number of carbonyl (C=O) groups is 2. The van der Waals surface area contributed by atoms with Crippen LogP contribution in [0.2, 0.25) is 0 Å². The Morgan fingerprint density at radius 2 is 1.88 bits per heavy atom. The smallest absolute Gasteiger partial charge is 0.240 e. The monoisotopic (exact) mass is 360 g/mol. The minimum atomic E-state index is -0.694. The molecule has 26 heavy (non-hydrogen) atoms. The van der Waals surface area contributed by atoms with Crippen LogP contribution in [0.1, 0.15) is 37.2 Å². The van der Waals surface area contributed by atoms with Gasteiger partial charge in [0.2, 0.25) is 11.8 Å². The average Bonchev–Trinajstić information content (AvgIpc) is 2.87. The number of nitrogens with one attached hydrogen (secondary N) is 1. The molecule has 1 heterocycles. The summed E-state index contributed by atoms with van der Waals surface area (Å²) in [5, 5.41) is 7.18. The van der Waals surface area contributed by atoms with Crippen LogP contribution in [0.3, 0.4) is 0 Å². The van der Waals surface area contributed by atoms with Crippen molar-refractivity contribution in [3.8, 4) is 5.69 Å². The average molecular weight is 360 g/mol. The molecule has 0 bridgehead atoms. The van der Waals surface area contributed by atoms with E-state index in [1.807, 2.05) is 27.7 Å². The zero-order valence-electron chi connectivity index (χ0n) is 15.5. The summed E-state index contributed by atoms with van der Waals surface area (Å²) in [6.07, 6.45) is 0.827. The second-order valence-electron chi connectivity index (χ2n) is 6.55. The predicted molar refractivity (Wildman–Crippen MR) is 97.3 cm³/mol. The van der Waals surface area contributed by atoms with Crippen molar-refractivity contribution in [2.24, 2.45) is 11.7 Å². The first kappa shape index (κ1) is 19.6. The first-order valence-electron chi connectivity index (χ1n) is 8.64. The first-order chi connectivity index (χ1) is 12.2. The molecule has 0 fully saturated rings. The number of amides is 2. The van der Waals surface area contributed by atoms with Gasteiger partial charge in [0, 0.05) is 11.3 Å². The molecule has 3 N–H and O–H groups in total. The Balaban J connectivity index is 2.20. The van der Waals surface area contributed by atoms with Gasteiger partial charge in [0.1, 0.15) is 11.9 Å². The zero-order valence-corrected chi connectivity index (χ0v) is 15.5. The van der Waals surface area contributed by atoms with Crippen molar-refractivity contribution in [1.29, 1.82) is 0 Å². The van der Waals surface area contributed by atoms with Crippen molar-refractivity contribution in [2.75, 3.05) is 0 Å². The first-order valence-corrected chi connectivity index (χ1v) is 8.64. The van der Waals surface area contributed by atoms with E-state index < -0.39 is 11.9 Å². The van der Waals surface area contributed by atoms with Crippen LogP contribution in [-0.4, -0.2) is 27.6 Å². The maximum absolute atomic E-state index is 13.1. The van der Waals surface area contributed by atoms with Crippen molar-refractivity contribution < 1.29 is 14.0 Å². The molecule has 0 saturated heterocycles. The Labute approximate surface area is 152 Å². The predicted octanol–water partition coefficient (Wildman–Crippen LogP) is 2.19. The van der Waals surface area contributed by atoms with Crippen molar-refractivity contribution in [2.45, 2.75) is 46.6 Å². The van der Waals surface area contributed by atoms with Gasteiger partial charge in [0.05, 0.1) is 17.8 Å². The molecule has 0 aliphatic heterocycles. The van der Waals surface area contributed by atoms with E-state index in [0.29, 0.717) is 11.4 Å². The Morgan fingerprint density at radius 3 is 2.42 bits per heavy atom. The maximum Gasteiger partial charge on any atom is 0.240 e.